The van der Waals surface area contributed by atoms with Crippen molar-refractivity contribution >= 4 is 22.6 Å². The van der Waals surface area contributed by atoms with Gasteiger partial charge in [0.05, 0.1) is 27.8 Å². The summed E-state index contributed by atoms with van der Waals surface area (Å²) in [7, 11) is 0. The lowest BCUT2D eigenvalue weighted by Crippen LogP contribution is -2.56. The van der Waals surface area contributed by atoms with Gasteiger partial charge in [-0.1, -0.05) is 20.8 Å². The van der Waals surface area contributed by atoms with Gasteiger partial charge in [-0.05, 0) is 98.9 Å². The van der Waals surface area contributed by atoms with Crippen molar-refractivity contribution in [2.75, 3.05) is 4.90 Å². The Hall–Kier alpha value is -2.82. The highest BCUT2D eigenvalue weighted by atomic mass is 19.1. The average Bonchev–Trinajstić information content (AvgIpc) is 3.08. The van der Waals surface area contributed by atoms with Gasteiger partial charge in [-0.15, -0.1) is 0 Å². The Morgan fingerprint density at radius 2 is 1.65 bits per heavy atom. The van der Waals surface area contributed by atoms with E-state index in [-0.39, 0.29) is 28.6 Å². The summed E-state index contributed by atoms with van der Waals surface area (Å²) >= 11 is 0. The molecule has 3 atom stereocenters. The minimum atomic E-state index is -0.756. The summed E-state index contributed by atoms with van der Waals surface area (Å²) in [6, 6.07) is 9.10. The van der Waals surface area contributed by atoms with Crippen molar-refractivity contribution in [3.05, 3.63) is 64.2 Å². The fourth-order valence-electron chi connectivity index (χ4n) is 7.07. The number of carbonyl (C=O) groups is 1. The molecule has 1 aromatic heterocycles. The molecule has 34 heavy (non-hydrogen) atoms. The summed E-state index contributed by atoms with van der Waals surface area (Å²) < 4.78 is 14.0. The van der Waals surface area contributed by atoms with Crippen LogP contribution in [0, 0.1) is 25.1 Å². The van der Waals surface area contributed by atoms with Crippen LogP contribution in [0.25, 0.3) is 11.0 Å². The number of amides is 1. The van der Waals surface area contributed by atoms with Gasteiger partial charge in [0.1, 0.15) is 5.82 Å². The van der Waals surface area contributed by atoms with E-state index >= 15 is 0 Å². The SMILES string of the molecule is Cc1cc2nc3c(nc2cc1C)C1(C(=O)N2c4ccc(F)cc4CCC2C)CCC3(C)C1(C)C. The molecule has 3 unspecified atom stereocenters. The van der Waals surface area contributed by atoms with E-state index in [4.69, 9.17) is 9.97 Å². The van der Waals surface area contributed by atoms with E-state index in [1.807, 2.05) is 4.90 Å². The molecule has 2 aromatic carbocycles. The molecule has 0 N–H and O–H groups in total. The van der Waals surface area contributed by atoms with E-state index in [2.05, 4.69) is 53.7 Å². The van der Waals surface area contributed by atoms with Crippen LogP contribution in [0.3, 0.4) is 0 Å². The third kappa shape index (κ3) is 2.40. The summed E-state index contributed by atoms with van der Waals surface area (Å²) in [5.74, 6) is -0.153. The van der Waals surface area contributed by atoms with Crippen LogP contribution in [0.4, 0.5) is 10.1 Å². The van der Waals surface area contributed by atoms with E-state index in [0.29, 0.717) is 0 Å². The van der Waals surface area contributed by atoms with Crippen LogP contribution < -0.4 is 4.90 Å². The molecule has 0 saturated heterocycles. The fourth-order valence-corrected chi connectivity index (χ4v) is 7.07. The molecule has 3 aliphatic rings. The molecule has 6 rings (SSSR count). The molecule has 5 heteroatoms. The van der Waals surface area contributed by atoms with Gasteiger partial charge in [-0.2, -0.15) is 0 Å². The molecule has 2 aliphatic carbocycles. The topological polar surface area (TPSA) is 46.1 Å². The Kier molecular flexibility index (Phi) is 4.24. The summed E-state index contributed by atoms with van der Waals surface area (Å²) in [5.41, 5.74) is 6.40. The predicted molar refractivity (Wildman–Crippen MR) is 133 cm³/mol. The number of aromatic nitrogens is 2. The zero-order chi connectivity index (χ0) is 24.2. The Morgan fingerprint density at radius 1 is 1.00 bits per heavy atom. The Bertz CT molecular complexity index is 1400. The molecule has 1 fully saturated rings. The van der Waals surface area contributed by atoms with Crippen molar-refractivity contribution in [3.63, 3.8) is 0 Å². The number of nitrogens with zero attached hydrogens (tertiary/aromatic N) is 3. The number of halogens is 1. The first-order valence-corrected chi connectivity index (χ1v) is 12.4. The van der Waals surface area contributed by atoms with Crippen molar-refractivity contribution in [2.24, 2.45) is 5.41 Å². The quantitative estimate of drug-likeness (QED) is 0.445. The van der Waals surface area contributed by atoms with Gasteiger partial charge in [0, 0.05) is 17.1 Å². The summed E-state index contributed by atoms with van der Waals surface area (Å²) in [6.45, 7) is 13.0. The Labute approximate surface area is 200 Å². The minimum Gasteiger partial charge on any atom is -0.309 e. The number of anilines is 1. The highest BCUT2D eigenvalue weighted by Crippen LogP contribution is 2.70. The van der Waals surface area contributed by atoms with Crippen LogP contribution in [0.2, 0.25) is 0 Å². The number of hydrogen-bond donors (Lipinski definition) is 0. The maximum Gasteiger partial charge on any atom is 0.240 e. The van der Waals surface area contributed by atoms with Crippen molar-refractivity contribution in [1.82, 2.24) is 9.97 Å². The molecule has 2 heterocycles. The van der Waals surface area contributed by atoms with Crippen LogP contribution in [0.15, 0.2) is 30.3 Å². The lowest BCUT2D eigenvalue weighted by molar-refractivity contribution is -0.128. The second-order valence-corrected chi connectivity index (χ2v) is 11.5. The zero-order valence-electron chi connectivity index (χ0n) is 20.9. The standard InChI is InChI=1S/C29H32FN3O/c1-16-13-21-22(14-17(16)2)32-25-24(31-21)28(6)11-12-29(25,27(28,4)5)26(34)33-18(3)7-8-19-15-20(30)9-10-23(19)33/h9-10,13-15,18H,7-8,11-12H2,1-6H3. The number of hydrogen-bond acceptors (Lipinski definition) is 3. The maximum atomic E-state index is 14.8. The monoisotopic (exact) mass is 457 g/mol. The van der Waals surface area contributed by atoms with Gasteiger partial charge in [-0.25, -0.2) is 14.4 Å². The Morgan fingerprint density at radius 3 is 2.32 bits per heavy atom. The maximum absolute atomic E-state index is 14.8. The van der Waals surface area contributed by atoms with E-state index in [1.54, 1.807) is 12.1 Å². The molecule has 4 nitrogen and oxygen atoms in total. The normalized spacial score (nSPS) is 28.8. The molecular weight excluding hydrogens is 425 g/mol. The first kappa shape index (κ1) is 21.7. The summed E-state index contributed by atoms with van der Waals surface area (Å²) in [4.78, 5) is 27.1. The average molecular weight is 458 g/mol. The molecule has 1 saturated carbocycles. The van der Waals surface area contributed by atoms with Crippen LogP contribution in [0.1, 0.15) is 75.0 Å². The first-order valence-electron chi connectivity index (χ1n) is 12.4. The van der Waals surface area contributed by atoms with Gasteiger partial charge >= 0.3 is 0 Å². The zero-order valence-corrected chi connectivity index (χ0v) is 20.9. The summed E-state index contributed by atoms with van der Waals surface area (Å²) in [5, 5.41) is 0. The highest BCUT2D eigenvalue weighted by molar-refractivity contribution is 6.05. The van der Waals surface area contributed by atoms with Crippen molar-refractivity contribution < 1.29 is 9.18 Å². The first-order chi connectivity index (χ1) is 16.0. The molecule has 1 aliphatic heterocycles. The van der Waals surface area contributed by atoms with Gasteiger partial charge < -0.3 is 4.90 Å². The van der Waals surface area contributed by atoms with Crippen molar-refractivity contribution in [3.8, 4) is 0 Å². The lowest BCUT2D eigenvalue weighted by atomic mass is 9.63. The van der Waals surface area contributed by atoms with Gasteiger partial charge in [0.2, 0.25) is 5.91 Å². The molecular formula is C29H32FN3O. The van der Waals surface area contributed by atoms with E-state index in [0.717, 1.165) is 59.4 Å². The Balaban J connectivity index is 1.60. The van der Waals surface area contributed by atoms with E-state index < -0.39 is 5.41 Å². The predicted octanol–water partition coefficient (Wildman–Crippen LogP) is 6.08. The van der Waals surface area contributed by atoms with Gasteiger partial charge in [0.15, 0.2) is 0 Å². The van der Waals surface area contributed by atoms with Crippen molar-refractivity contribution in [1.29, 1.82) is 0 Å². The molecule has 0 spiro atoms. The minimum absolute atomic E-state index is 0.0462. The van der Waals surface area contributed by atoms with Crippen LogP contribution in [0.5, 0.6) is 0 Å². The van der Waals surface area contributed by atoms with Gasteiger partial charge in [0.25, 0.3) is 0 Å². The summed E-state index contributed by atoms with van der Waals surface area (Å²) in [6.07, 6.45) is 3.27. The second kappa shape index (κ2) is 6.65. The van der Waals surface area contributed by atoms with Crippen LogP contribution >= 0.6 is 0 Å². The van der Waals surface area contributed by atoms with Crippen LogP contribution in [-0.4, -0.2) is 21.9 Å². The number of aryl methyl sites for hydroxylation is 3. The smallest absolute Gasteiger partial charge is 0.240 e. The van der Waals surface area contributed by atoms with E-state index in [1.165, 1.54) is 17.2 Å². The van der Waals surface area contributed by atoms with E-state index in [9.17, 15) is 9.18 Å². The van der Waals surface area contributed by atoms with Crippen molar-refractivity contribution in [2.45, 2.75) is 84.1 Å². The molecule has 3 aromatic rings. The largest absolute Gasteiger partial charge is 0.309 e. The lowest BCUT2D eigenvalue weighted by Gasteiger charge is -2.45. The molecule has 1 amide bonds. The molecule has 2 bridgehead atoms. The van der Waals surface area contributed by atoms with Crippen LogP contribution in [-0.2, 0) is 22.0 Å². The number of rotatable bonds is 1. The van der Waals surface area contributed by atoms with Gasteiger partial charge in [-0.3, -0.25) is 4.79 Å². The third-order valence-electron chi connectivity index (χ3n) is 9.81. The molecule has 176 valence electrons. The highest BCUT2D eigenvalue weighted by Gasteiger charge is 2.74. The third-order valence-corrected chi connectivity index (χ3v) is 9.81. The second-order valence-electron chi connectivity index (χ2n) is 11.5. The molecule has 0 radical (unpaired) electrons. The number of carbonyl (C=O) groups excluding carboxylic acids is 1. The fraction of sp³-hybridized carbons (Fsp3) is 0.483. The number of benzene rings is 2. The number of fused-ring (bicyclic) bond motifs is 7.